The van der Waals surface area contributed by atoms with E-state index in [0.717, 1.165) is 28.8 Å². The number of ether oxygens (including phenoxy) is 1. The molecule has 3 heterocycles. The summed E-state index contributed by atoms with van der Waals surface area (Å²) in [5.74, 6) is -0.195. The maximum absolute atomic E-state index is 12.5. The first-order chi connectivity index (χ1) is 11.6. The van der Waals surface area contributed by atoms with E-state index in [-0.39, 0.29) is 11.8 Å². The summed E-state index contributed by atoms with van der Waals surface area (Å²) in [6.45, 7) is 3.83. The number of hydrogen-bond acceptors (Lipinski definition) is 4. The normalized spacial score (nSPS) is 15.8. The second-order valence-electron chi connectivity index (χ2n) is 6.14. The third-order valence-corrected chi connectivity index (χ3v) is 4.54. The Morgan fingerprint density at radius 2 is 2.12 bits per heavy atom. The molecule has 1 aromatic heterocycles. The van der Waals surface area contributed by atoms with Crippen LogP contribution in [-0.2, 0) is 35.6 Å². The molecule has 0 saturated heterocycles. The van der Waals surface area contributed by atoms with Gasteiger partial charge >= 0.3 is 0 Å². The molecule has 0 aliphatic carbocycles. The van der Waals surface area contributed by atoms with Gasteiger partial charge in [-0.05, 0) is 23.3 Å². The van der Waals surface area contributed by atoms with Crippen LogP contribution in [0.15, 0.2) is 18.2 Å². The van der Waals surface area contributed by atoms with Crippen LogP contribution in [0.2, 0.25) is 0 Å². The van der Waals surface area contributed by atoms with Crippen molar-refractivity contribution in [1.82, 2.24) is 15.1 Å². The number of aromatic amines is 1. The van der Waals surface area contributed by atoms with Crippen LogP contribution in [0.4, 0.5) is 5.69 Å². The number of carbonyl (C=O) groups is 2. The predicted octanol–water partition coefficient (Wildman–Crippen LogP) is 1.60. The lowest BCUT2D eigenvalue weighted by Crippen LogP contribution is -2.21. The second-order valence-corrected chi connectivity index (χ2v) is 6.14. The molecule has 0 atom stereocenters. The molecule has 0 spiro atoms. The van der Waals surface area contributed by atoms with E-state index in [1.807, 2.05) is 18.2 Å². The zero-order chi connectivity index (χ0) is 16.7. The molecule has 2 N–H and O–H groups in total. The van der Waals surface area contributed by atoms with Gasteiger partial charge in [0.15, 0.2) is 5.69 Å². The van der Waals surface area contributed by atoms with E-state index in [1.165, 1.54) is 0 Å². The van der Waals surface area contributed by atoms with E-state index in [0.29, 0.717) is 37.7 Å². The second kappa shape index (κ2) is 5.76. The summed E-state index contributed by atoms with van der Waals surface area (Å²) in [6.07, 6.45) is 0.745. The number of rotatable bonds is 2. The molecule has 124 valence electrons. The van der Waals surface area contributed by atoms with E-state index in [4.69, 9.17) is 4.74 Å². The van der Waals surface area contributed by atoms with Gasteiger partial charge in [0, 0.05) is 43.4 Å². The summed E-state index contributed by atoms with van der Waals surface area (Å²) in [5, 5.41) is 9.94. The minimum Gasteiger partial charge on any atom is -0.376 e. The number of nitrogens with zero attached hydrogens (tertiary/aromatic N) is 2. The lowest BCUT2D eigenvalue weighted by Gasteiger charge is -2.12. The maximum atomic E-state index is 12.5. The zero-order valence-corrected chi connectivity index (χ0v) is 13.4. The fourth-order valence-corrected chi connectivity index (χ4v) is 3.19. The smallest absolute Gasteiger partial charge is 0.276 e. The minimum atomic E-state index is -0.251. The number of anilines is 1. The Morgan fingerprint density at radius 1 is 1.29 bits per heavy atom. The Balaban J connectivity index is 1.52. The summed E-state index contributed by atoms with van der Waals surface area (Å²) >= 11 is 0. The summed E-state index contributed by atoms with van der Waals surface area (Å²) in [5.41, 5.74) is 5.08. The van der Waals surface area contributed by atoms with Crippen LogP contribution in [0, 0.1) is 0 Å². The van der Waals surface area contributed by atoms with Gasteiger partial charge in [-0.2, -0.15) is 5.10 Å². The van der Waals surface area contributed by atoms with Crippen LogP contribution in [-0.4, -0.2) is 33.5 Å². The van der Waals surface area contributed by atoms with Crippen molar-refractivity contribution in [2.24, 2.45) is 0 Å². The van der Waals surface area contributed by atoms with Gasteiger partial charge in [-0.3, -0.25) is 14.7 Å². The molecule has 4 rings (SSSR count). The maximum Gasteiger partial charge on any atom is 0.276 e. The molecule has 2 amide bonds. The van der Waals surface area contributed by atoms with Crippen molar-refractivity contribution in [2.75, 3.05) is 11.9 Å². The molecular weight excluding hydrogens is 308 g/mol. The molecular formula is C17H18N4O3. The first-order valence-electron chi connectivity index (χ1n) is 7.94. The molecule has 2 aromatic rings. The third-order valence-electron chi connectivity index (χ3n) is 4.54. The Hall–Kier alpha value is -2.67. The number of fused-ring (bicyclic) bond motifs is 2. The number of hydrogen-bond donors (Lipinski definition) is 2. The highest BCUT2D eigenvalue weighted by atomic mass is 16.5. The largest absolute Gasteiger partial charge is 0.376 e. The van der Waals surface area contributed by atoms with Gasteiger partial charge in [0.25, 0.3) is 5.91 Å². The molecule has 0 fully saturated rings. The number of nitrogens with one attached hydrogen (secondary N) is 2. The standard InChI is InChI=1S/C17H18N4O3/c1-10(22)21-7-11-2-3-13(6-12(11)8-21)18-17(23)16-14-9-24-5-4-15(14)19-20-16/h2-3,6H,4-5,7-9H2,1H3,(H,18,23)(H,19,20). The van der Waals surface area contributed by atoms with Crippen LogP contribution < -0.4 is 5.32 Å². The SMILES string of the molecule is CC(=O)N1Cc2ccc(NC(=O)c3n[nH]c4c3COCC4)cc2C1. The first-order valence-corrected chi connectivity index (χ1v) is 7.94. The summed E-state index contributed by atoms with van der Waals surface area (Å²) in [7, 11) is 0. The highest BCUT2D eigenvalue weighted by Gasteiger charge is 2.24. The summed E-state index contributed by atoms with van der Waals surface area (Å²) in [4.78, 5) is 25.8. The fraction of sp³-hybridized carbons (Fsp3) is 0.353. The van der Waals surface area contributed by atoms with Crippen LogP contribution in [0.3, 0.4) is 0 Å². The van der Waals surface area contributed by atoms with Crippen molar-refractivity contribution in [3.05, 3.63) is 46.3 Å². The van der Waals surface area contributed by atoms with Gasteiger partial charge in [-0.25, -0.2) is 0 Å². The number of aromatic nitrogens is 2. The fourth-order valence-electron chi connectivity index (χ4n) is 3.19. The van der Waals surface area contributed by atoms with Crippen LogP contribution >= 0.6 is 0 Å². The minimum absolute atomic E-state index is 0.0555. The Labute approximate surface area is 139 Å². The molecule has 0 radical (unpaired) electrons. The highest BCUT2D eigenvalue weighted by molar-refractivity contribution is 6.04. The monoisotopic (exact) mass is 326 g/mol. The number of benzene rings is 1. The molecule has 0 saturated carbocycles. The predicted molar refractivity (Wildman–Crippen MR) is 86.3 cm³/mol. The zero-order valence-electron chi connectivity index (χ0n) is 13.4. The molecule has 0 unspecified atom stereocenters. The topological polar surface area (TPSA) is 87.3 Å². The summed E-state index contributed by atoms with van der Waals surface area (Å²) < 4.78 is 5.41. The van der Waals surface area contributed by atoms with E-state index in [2.05, 4.69) is 15.5 Å². The lowest BCUT2D eigenvalue weighted by molar-refractivity contribution is -0.129. The number of carbonyl (C=O) groups excluding carboxylic acids is 2. The van der Waals surface area contributed by atoms with Crippen molar-refractivity contribution >= 4 is 17.5 Å². The van der Waals surface area contributed by atoms with E-state index >= 15 is 0 Å². The van der Waals surface area contributed by atoms with Crippen molar-refractivity contribution in [1.29, 1.82) is 0 Å². The van der Waals surface area contributed by atoms with Gasteiger partial charge in [-0.1, -0.05) is 6.07 Å². The van der Waals surface area contributed by atoms with E-state index in [9.17, 15) is 9.59 Å². The molecule has 1 aromatic carbocycles. The quantitative estimate of drug-likeness (QED) is 0.877. The average molecular weight is 326 g/mol. The van der Waals surface area contributed by atoms with E-state index in [1.54, 1.807) is 11.8 Å². The van der Waals surface area contributed by atoms with E-state index < -0.39 is 0 Å². The lowest BCUT2D eigenvalue weighted by atomic mass is 10.1. The van der Waals surface area contributed by atoms with Gasteiger partial charge < -0.3 is 15.0 Å². The molecule has 2 aliphatic heterocycles. The van der Waals surface area contributed by atoms with Gasteiger partial charge in [0.2, 0.25) is 5.91 Å². The third kappa shape index (κ3) is 2.56. The van der Waals surface area contributed by atoms with Crippen molar-refractivity contribution in [2.45, 2.75) is 33.0 Å². The Morgan fingerprint density at radius 3 is 2.96 bits per heavy atom. The van der Waals surface area contributed by atoms with Crippen molar-refractivity contribution in [3.63, 3.8) is 0 Å². The first kappa shape index (κ1) is 14.9. The highest BCUT2D eigenvalue weighted by Crippen LogP contribution is 2.26. The number of H-pyrrole nitrogens is 1. The molecule has 0 bridgehead atoms. The van der Waals surface area contributed by atoms with Crippen LogP contribution in [0.5, 0.6) is 0 Å². The van der Waals surface area contributed by atoms with Gasteiger partial charge in [0.05, 0.1) is 13.2 Å². The molecule has 2 aliphatic rings. The van der Waals surface area contributed by atoms with Crippen LogP contribution in [0.1, 0.15) is 39.8 Å². The molecule has 7 heteroatoms. The average Bonchev–Trinajstić information content (AvgIpc) is 3.18. The van der Waals surface area contributed by atoms with Gasteiger partial charge in [0.1, 0.15) is 0 Å². The Bertz CT molecular complexity index is 827. The Kier molecular flexibility index (Phi) is 3.57. The van der Waals surface area contributed by atoms with Gasteiger partial charge in [-0.15, -0.1) is 0 Å². The molecule has 24 heavy (non-hydrogen) atoms. The van der Waals surface area contributed by atoms with Crippen LogP contribution in [0.25, 0.3) is 0 Å². The molecule has 7 nitrogen and oxygen atoms in total. The number of amides is 2. The van der Waals surface area contributed by atoms with Crippen molar-refractivity contribution in [3.8, 4) is 0 Å². The van der Waals surface area contributed by atoms with Crippen molar-refractivity contribution < 1.29 is 14.3 Å². The summed E-state index contributed by atoms with van der Waals surface area (Å²) in [6, 6.07) is 5.73.